The predicted octanol–water partition coefficient (Wildman–Crippen LogP) is 0.391. The Morgan fingerprint density at radius 2 is 2.16 bits per heavy atom. The van der Waals surface area contributed by atoms with Gasteiger partial charge < -0.3 is 21.1 Å². The molecule has 0 saturated heterocycles. The number of rotatable bonds is 6. The second-order valence-corrected chi connectivity index (χ2v) is 4.72. The number of carboxylic acids is 1. The summed E-state index contributed by atoms with van der Waals surface area (Å²) < 4.78 is 0. The molecule has 1 heterocycles. The van der Waals surface area contributed by atoms with Gasteiger partial charge in [0.25, 0.3) is 0 Å². The molecule has 7 nitrogen and oxygen atoms in total. The van der Waals surface area contributed by atoms with Crippen molar-refractivity contribution < 1.29 is 19.5 Å². The molecular formula is C11H15N3O4S. The van der Waals surface area contributed by atoms with E-state index in [0.29, 0.717) is 0 Å². The predicted molar refractivity (Wildman–Crippen MR) is 69.7 cm³/mol. The lowest BCUT2D eigenvalue weighted by Crippen LogP contribution is -2.47. The lowest BCUT2D eigenvalue weighted by molar-refractivity contribution is -0.137. The minimum atomic E-state index is -1.21. The van der Waals surface area contributed by atoms with Crippen molar-refractivity contribution in [2.45, 2.75) is 13.0 Å². The maximum absolute atomic E-state index is 11.9. The van der Waals surface area contributed by atoms with Crippen LogP contribution in [0.25, 0.3) is 0 Å². The average molecular weight is 285 g/mol. The Kier molecular flexibility index (Phi) is 5.31. The number of urea groups is 1. The van der Waals surface area contributed by atoms with E-state index in [1.54, 1.807) is 6.92 Å². The van der Waals surface area contributed by atoms with Gasteiger partial charge in [0, 0.05) is 0 Å². The van der Waals surface area contributed by atoms with Crippen LogP contribution in [-0.2, 0) is 9.59 Å². The van der Waals surface area contributed by atoms with E-state index in [1.165, 1.54) is 11.3 Å². The van der Waals surface area contributed by atoms with Gasteiger partial charge in [-0.25, -0.2) is 4.79 Å². The number of carbonyl (C=O) groups excluding carboxylic acids is 2. The van der Waals surface area contributed by atoms with E-state index in [2.05, 4.69) is 5.32 Å². The quantitative estimate of drug-likeness (QED) is 0.701. The maximum atomic E-state index is 11.9. The number of hydrogen-bond donors (Lipinski definition) is 3. The first-order chi connectivity index (χ1) is 8.90. The summed E-state index contributed by atoms with van der Waals surface area (Å²) in [6.07, 6.45) is 0. The molecule has 0 aromatic carbocycles. The summed E-state index contributed by atoms with van der Waals surface area (Å²) in [5.41, 5.74) is 5.89. The largest absolute Gasteiger partial charge is 0.480 e. The van der Waals surface area contributed by atoms with Crippen molar-refractivity contribution in [2.75, 3.05) is 13.1 Å². The third-order valence-electron chi connectivity index (χ3n) is 2.34. The van der Waals surface area contributed by atoms with Gasteiger partial charge in [0.05, 0.1) is 6.04 Å². The first-order valence-electron chi connectivity index (χ1n) is 5.47. The van der Waals surface area contributed by atoms with E-state index in [0.717, 1.165) is 10.5 Å². The third kappa shape index (κ3) is 4.96. The number of aliphatic carboxylic acids is 1. The number of primary amides is 1. The Balaban J connectivity index is 2.65. The smallest absolute Gasteiger partial charge is 0.323 e. The first kappa shape index (κ1) is 15.0. The number of amides is 3. The van der Waals surface area contributed by atoms with Crippen LogP contribution in [0.1, 0.15) is 18.5 Å². The minimum Gasteiger partial charge on any atom is -0.480 e. The lowest BCUT2D eigenvalue weighted by atomic mass is 10.2. The molecule has 0 bridgehead atoms. The molecule has 19 heavy (non-hydrogen) atoms. The van der Waals surface area contributed by atoms with E-state index >= 15 is 0 Å². The molecular weight excluding hydrogens is 270 g/mol. The van der Waals surface area contributed by atoms with Gasteiger partial charge in [0.1, 0.15) is 13.1 Å². The van der Waals surface area contributed by atoms with Gasteiger partial charge in [0.2, 0.25) is 5.91 Å². The molecule has 1 aromatic rings. The van der Waals surface area contributed by atoms with E-state index in [9.17, 15) is 14.4 Å². The van der Waals surface area contributed by atoms with Crippen molar-refractivity contribution in [3.8, 4) is 0 Å². The summed E-state index contributed by atoms with van der Waals surface area (Å²) in [5, 5.41) is 15.1. The maximum Gasteiger partial charge on any atom is 0.323 e. The highest BCUT2D eigenvalue weighted by Crippen LogP contribution is 2.15. The van der Waals surface area contributed by atoms with Crippen molar-refractivity contribution in [3.63, 3.8) is 0 Å². The lowest BCUT2D eigenvalue weighted by Gasteiger charge is -2.22. The Hall–Kier alpha value is -2.09. The molecule has 0 aliphatic rings. The van der Waals surface area contributed by atoms with Crippen LogP contribution < -0.4 is 11.1 Å². The highest BCUT2D eigenvalue weighted by molar-refractivity contribution is 7.07. The Bertz CT molecular complexity index is 445. The second kappa shape index (κ2) is 6.74. The highest BCUT2D eigenvalue weighted by Gasteiger charge is 2.20. The van der Waals surface area contributed by atoms with E-state index in [4.69, 9.17) is 10.8 Å². The first-order valence-corrected chi connectivity index (χ1v) is 6.42. The number of carbonyl (C=O) groups is 3. The van der Waals surface area contributed by atoms with E-state index in [1.807, 2.05) is 16.8 Å². The number of hydrogen-bond acceptors (Lipinski definition) is 4. The summed E-state index contributed by atoms with van der Waals surface area (Å²) in [4.78, 5) is 34.2. The summed E-state index contributed by atoms with van der Waals surface area (Å²) in [7, 11) is 0. The summed E-state index contributed by atoms with van der Waals surface area (Å²) in [6.45, 7) is 0.753. The molecule has 0 radical (unpaired) electrons. The Labute approximate surface area is 114 Å². The molecule has 1 unspecified atom stereocenters. The van der Waals surface area contributed by atoms with Crippen molar-refractivity contribution in [3.05, 3.63) is 22.4 Å². The van der Waals surface area contributed by atoms with Crippen LogP contribution in [0.3, 0.4) is 0 Å². The van der Waals surface area contributed by atoms with Gasteiger partial charge >= 0.3 is 12.0 Å². The van der Waals surface area contributed by atoms with Gasteiger partial charge in [-0.2, -0.15) is 11.3 Å². The van der Waals surface area contributed by atoms with Crippen LogP contribution in [0.15, 0.2) is 16.8 Å². The van der Waals surface area contributed by atoms with E-state index in [-0.39, 0.29) is 6.04 Å². The SMILES string of the molecule is CC(NC(=O)N(CC(N)=O)CC(=O)O)c1ccsc1. The Morgan fingerprint density at radius 3 is 2.63 bits per heavy atom. The van der Waals surface area contributed by atoms with Crippen LogP contribution in [0.4, 0.5) is 4.79 Å². The van der Waals surface area contributed by atoms with Crippen LogP contribution in [0, 0.1) is 0 Å². The number of nitrogens with one attached hydrogen (secondary N) is 1. The molecule has 0 aliphatic heterocycles. The monoisotopic (exact) mass is 285 g/mol. The van der Waals surface area contributed by atoms with Gasteiger partial charge in [-0.15, -0.1) is 0 Å². The zero-order valence-electron chi connectivity index (χ0n) is 10.3. The normalized spacial score (nSPS) is 11.6. The van der Waals surface area contributed by atoms with Crippen LogP contribution in [0.2, 0.25) is 0 Å². The summed E-state index contributed by atoms with van der Waals surface area (Å²) >= 11 is 1.49. The molecule has 8 heteroatoms. The molecule has 1 aromatic heterocycles. The van der Waals surface area contributed by atoms with Crippen LogP contribution >= 0.6 is 11.3 Å². The highest BCUT2D eigenvalue weighted by atomic mass is 32.1. The number of nitrogens with two attached hydrogens (primary N) is 1. The van der Waals surface area contributed by atoms with Gasteiger partial charge in [0.15, 0.2) is 0 Å². The van der Waals surface area contributed by atoms with Crippen molar-refractivity contribution in [1.82, 2.24) is 10.2 Å². The van der Waals surface area contributed by atoms with E-state index < -0.39 is 31.0 Å². The molecule has 0 fully saturated rings. The summed E-state index contributed by atoms with van der Waals surface area (Å²) in [6, 6.07) is 0.938. The van der Waals surface area contributed by atoms with Crippen LogP contribution in [0.5, 0.6) is 0 Å². The zero-order valence-corrected chi connectivity index (χ0v) is 11.1. The fourth-order valence-corrected chi connectivity index (χ4v) is 2.19. The topological polar surface area (TPSA) is 113 Å². The van der Waals surface area contributed by atoms with Crippen molar-refractivity contribution >= 4 is 29.2 Å². The van der Waals surface area contributed by atoms with Crippen LogP contribution in [-0.4, -0.2) is 41.0 Å². The molecule has 4 N–H and O–H groups in total. The number of thiophene rings is 1. The number of nitrogens with zero attached hydrogens (tertiary/aromatic N) is 1. The Morgan fingerprint density at radius 1 is 1.47 bits per heavy atom. The molecule has 1 atom stereocenters. The standard InChI is InChI=1S/C11H15N3O4S/c1-7(8-2-3-19-6-8)13-11(18)14(4-9(12)15)5-10(16)17/h2-3,6-7H,4-5H2,1H3,(H2,12,15)(H,13,18)(H,16,17). The zero-order chi connectivity index (χ0) is 14.4. The van der Waals surface area contributed by atoms with Gasteiger partial charge in [-0.3, -0.25) is 9.59 Å². The summed E-state index contributed by atoms with van der Waals surface area (Å²) in [5.74, 6) is -1.97. The molecule has 104 valence electrons. The fourth-order valence-electron chi connectivity index (χ4n) is 1.43. The molecule has 0 aliphatic carbocycles. The van der Waals surface area contributed by atoms with Gasteiger partial charge in [-0.05, 0) is 29.3 Å². The number of carboxylic acid groups (broad SMARTS) is 1. The van der Waals surface area contributed by atoms with Crippen molar-refractivity contribution in [1.29, 1.82) is 0 Å². The van der Waals surface area contributed by atoms with Gasteiger partial charge in [-0.1, -0.05) is 0 Å². The minimum absolute atomic E-state index is 0.275. The molecule has 3 amide bonds. The fraction of sp³-hybridized carbons (Fsp3) is 0.364. The second-order valence-electron chi connectivity index (χ2n) is 3.94. The third-order valence-corrected chi connectivity index (χ3v) is 3.04. The van der Waals surface area contributed by atoms with Crippen molar-refractivity contribution in [2.24, 2.45) is 5.73 Å². The molecule has 0 spiro atoms. The molecule has 0 saturated carbocycles. The average Bonchev–Trinajstić information content (AvgIpc) is 2.79. The molecule has 1 rings (SSSR count).